The number of hydrogen-bond acceptors (Lipinski definition) is 8. The van der Waals surface area contributed by atoms with Crippen molar-refractivity contribution in [2.24, 2.45) is 5.92 Å². The highest BCUT2D eigenvalue weighted by atomic mass is 35.5. The topological polar surface area (TPSA) is 139 Å². The quantitative estimate of drug-likeness (QED) is 0.136. The zero-order valence-electron chi connectivity index (χ0n) is 29.2. The molecule has 2 atom stereocenters. The second kappa shape index (κ2) is 16.4. The second-order valence-corrected chi connectivity index (χ2v) is 13.8. The molecule has 0 radical (unpaired) electrons. The number of amides is 1. The smallest absolute Gasteiger partial charge is 0.417 e. The molecule has 6 rings (SSSR count). The highest BCUT2D eigenvalue weighted by Gasteiger charge is 2.35. The van der Waals surface area contributed by atoms with Crippen molar-refractivity contribution in [1.29, 1.82) is 5.26 Å². The average Bonchev–Trinajstić information content (AvgIpc) is 3.79. The lowest BCUT2D eigenvalue weighted by Gasteiger charge is -2.20. The van der Waals surface area contributed by atoms with E-state index in [1.807, 2.05) is 0 Å². The third-order valence-corrected chi connectivity index (χ3v) is 10.1. The summed E-state index contributed by atoms with van der Waals surface area (Å²) in [5.41, 5.74) is 1.85. The molecule has 3 N–H and O–H groups in total. The maximum absolute atomic E-state index is 14.4. The third kappa shape index (κ3) is 8.75. The zero-order valence-corrected chi connectivity index (χ0v) is 30.0. The van der Waals surface area contributed by atoms with E-state index in [2.05, 4.69) is 21.3 Å². The van der Waals surface area contributed by atoms with Crippen molar-refractivity contribution in [1.82, 2.24) is 14.8 Å². The molecular formula is C40H37ClF3N5O5. The fourth-order valence-electron chi connectivity index (χ4n) is 6.88. The van der Waals surface area contributed by atoms with Gasteiger partial charge in [0.15, 0.2) is 0 Å². The molecule has 2 saturated heterocycles. The van der Waals surface area contributed by atoms with Crippen LogP contribution in [0.25, 0.3) is 23.3 Å². The Hall–Kier alpha value is -5.26. The number of nitrogens with one attached hydrogen (secondary N) is 1. The maximum Gasteiger partial charge on any atom is 0.417 e. The molecule has 0 unspecified atom stereocenters. The summed E-state index contributed by atoms with van der Waals surface area (Å²) in [6.07, 6.45) is 0.437. The van der Waals surface area contributed by atoms with Gasteiger partial charge in [0.2, 0.25) is 0 Å². The van der Waals surface area contributed by atoms with Crippen molar-refractivity contribution in [3.63, 3.8) is 0 Å². The van der Waals surface area contributed by atoms with Crippen LogP contribution in [0.5, 0.6) is 5.75 Å². The lowest BCUT2D eigenvalue weighted by molar-refractivity contribution is -0.141. The number of halogens is 4. The molecule has 3 heterocycles. The van der Waals surface area contributed by atoms with Gasteiger partial charge in [-0.2, -0.15) is 18.4 Å². The lowest BCUT2D eigenvalue weighted by Crippen LogP contribution is -2.23. The van der Waals surface area contributed by atoms with Crippen LogP contribution >= 0.6 is 11.6 Å². The number of benzene rings is 3. The van der Waals surface area contributed by atoms with Gasteiger partial charge in [-0.1, -0.05) is 60.2 Å². The van der Waals surface area contributed by atoms with Gasteiger partial charge in [-0.3, -0.25) is 24.4 Å². The van der Waals surface area contributed by atoms with Gasteiger partial charge in [0.1, 0.15) is 17.5 Å². The zero-order chi connectivity index (χ0) is 38.6. The number of carboxylic acids is 1. The third-order valence-electron chi connectivity index (χ3n) is 9.67. The van der Waals surface area contributed by atoms with Crippen molar-refractivity contribution < 1.29 is 37.7 Å². The summed E-state index contributed by atoms with van der Waals surface area (Å²) in [4.78, 5) is 32.8. The van der Waals surface area contributed by atoms with Gasteiger partial charge in [0.05, 0.1) is 41.0 Å². The molecular weight excluding hydrogens is 723 g/mol. The van der Waals surface area contributed by atoms with Crippen LogP contribution in [0.1, 0.15) is 56.7 Å². The van der Waals surface area contributed by atoms with E-state index in [4.69, 9.17) is 16.3 Å². The predicted octanol–water partition coefficient (Wildman–Crippen LogP) is 7.20. The highest BCUT2D eigenvalue weighted by molar-refractivity contribution is 6.35. The van der Waals surface area contributed by atoms with Crippen LogP contribution in [0.3, 0.4) is 0 Å². The molecule has 0 bridgehead atoms. The number of carboxylic acid groups (broad SMARTS) is 1. The van der Waals surface area contributed by atoms with Gasteiger partial charge in [-0.25, -0.2) is 0 Å². The number of anilines is 1. The van der Waals surface area contributed by atoms with Crippen molar-refractivity contribution in [2.45, 2.75) is 38.2 Å². The van der Waals surface area contributed by atoms with Crippen LogP contribution < -0.4 is 10.1 Å². The summed E-state index contributed by atoms with van der Waals surface area (Å²) < 4.78 is 48.7. The first-order chi connectivity index (χ1) is 25.8. The average molecular weight is 760 g/mol. The van der Waals surface area contributed by atoms with Crippen molar-refractivity contribution in [3.05, 3.63) is 111 Å². The fraction of sp³-hybridized carbons (Fsp3) is 0.300. The number of carbonyl (C=O) groups excluding carboxylic acids is 1. The lowest BCUT2D eigenvalue weighted by atomic mass is 9.96. The second-order valence-electron chi connectivity index (χ2n) is 13.4. The predicted molar refractivity (Wildman–Crippen MR) is 198 cm³/mol. The van der Waals surface area contributed by atoms with Gasteiger partial charge in [0, 0.05) is 55.6 Å². The Kier molecular flexibility index (Phi) is 11.7. The van der Waals surface area contributed by atoms with Crippen LogP contribution in [-0.4, -0.2) is 76.3 Å². The molecule has 14 heteroatoms. The van der Waals surface area contributed by atoms with Crippen LogP contribution in [0.15, 0.2) is 66.9 Å². The number of pyridine rings is 1. The van der Waals surface area contributed by atoms with E-state index in [1.54, 1.807) is 59.6 Å². The molecule has 4 aromatic rings. The first-order valence-electron chi connectivity index (χ1n) is 17.2. The van der Waals surface area contributed by atoms with E-state index in [0.717, 1.165) is 18.2 Å². The molecule has 2 aliphatic heterocycles. The van der Waals surface area contributed by atoms with Crippen LogP contribution in [-0.2, 0) is 24.1 Å². The number of aliphatic hydroxyl groups is 1. The van der Waals surface area contributed by atoms with Gasteiger partial charge in [-0.15, -0.1) is 0 Å². The van der Waals surface area contributed by atoms with E-state index < -0.39 is 29.5 Å². The maximum atomic E-state index is 14.4. The number of β-amino-alcohol motifs (C(OH)–C–C–N with tert-alkyl or cyclic N) is 1. The Morgan fingerprint density at radius 3 is 2.39 bits per heavy atom. The Labute approximate surface area is 315 Å². The monoisotopic (exact) mass is 759 g/mol. The fourth-order valence-corrected chi connectivity index (χ4v) is 7.17. The van der Waals surface area contributed by atoms with Gasteiger partial charge in [-0.05, 0) is 60.3 Å². The normalized spacial score (nSPS) is 17.9. The number of aliphatic carboxylic acids is 1. The van der Waals surface area contributed by atoms with Crippen LogP contribution in [0, 0.1) is 17.2 Å². The largest absolute Gasteiger partial charge is 0.496 e. The van der Waals surface area contributed by atoms with Gasteiger partial charge in [0.25, 0.3) is 5.91 Å². The standard InChI is InChI=1S/C40H37ClF3N5O5/c1-54-36-17-26(33(40(42,43)44)16-28(36)22-49-14-12-27(21-49)39(52)53)10-9-25-4-2-6-31(37(25)41)30-5-3-7-34(32(30)18-45)47-38(51)35-11-8-24(19-46-35)20-48-15-13-29(50)23-48/h2-11,16-17,19,27,29,50H,12-15,20-23H2,1H3,(H,47,51)(H,52,53)/b10-9+/t27-,29-/m1/s1. The summed E-state index contributed by atoms with van der Waals surface area (Å²) in [5, 5.41) is 32.3. The molecule has 1 amide bonds. The Morgan fingerprint density at radius 2 is 1.74 bits per heavy atom. The first-order valence-corrected chi connectivity index (χ1v) is 17.6. The summed E-state index contributed by atoms with van der Waals surface area (Å²) in [5.74, 6) is -1.80. The summed E-state index contributed by atoms with van der Waals surface area (Å²) in [7, 11) is 1.36. The first kappa shape index (κ1) is 38.5. The molecule has 10 nitrogen and oxygen atoms in total. The molecule has 2 fully saturated rings. The number of likely N-dealkylation sites (tertiary alicyclic amines) is 2. The number of carbonyl (C=O) groups is 2. The molecule has 54 heavy (non-hydrogen) atoms. The Bertz CT molecular complexity index is 2120. The van der Waals surface area contributed by atoms with E-state index in [9.17, 15) is 38.2 Å². The molecule has 1 aromatic heterocycles. The number of hydrogen-bond donors (Lipinski definition) is 3. The van der Waals surface area contributed by atoms with Gasteiger partial charge >= 0.3 is 12.1 Å². The molecule has 3 aromatic carbocycles. The number of methoxy groups -OCH3 is 1. The molecule has 280 valence electrons. The van der Waals surface area contributed by atoms with E-state index in [0.29, 0.717) is 49.2 Å². The SMILES string of the molecule is COc1cc(/C=C/c2cccc(-c3cccc(NC(=O)c4ccc(CN5CC[C@@H](O)C5)cn4)c3C#N)c2Cl)c(C(F)(F)F)cc1CN1CC[C@@H](C(=O)O)C1. The molecule has 0 spiro atoms. The van der Waals surface area contributed by atoms with Crippen LogP contribution in [0.4, 0.5) is 18.9 Å². The van der Waals surface area contributed by atoms with E-state index in [-0.39, 0.29) is 58.0 Å². The molecule has 0 saturated carbocycles. The summed E-state index contributed by atoms with van der Waals surface area (Å²) in [6.45, 7) is 2.74. The molecule has 2 aliphatic rings. The van der Waals surface area contributed by atoms with Crippen LogP contribution in [0.2, 0.25) is 5.02 Å². The van der Waals surface area contributed by atoms with Crippen molar-refractivity contribution >= 4 is 41.3 Å². The number of alkyl halides is 3. The Morgan fingerprint density at radius 1 is 1.02 bits per heavy atom. The summed E-state index contributed by atoms with van der Waals surface area (Å²) in [6, 6.07) is 17.7. The number of nitrogens with zero attached hydrogens (tertiary/aromatic N) is 4. The minimum absolute atomic E-state index is 0.0999. The van der Waals surface area contributed by atoms with Gasteiger partial charge < -0.3 is 20.3 Å². The number of nitriles is 1. The Balaban J connectivity index is 1.23. The summed E-state index contributed by atoms with van der Waals surface area (Å²) >= 11 is 6.85. The highest BCUT2D eigenvalue weighted by Crippen LogP contribution is 2.39. The molecule has 0 aliphatic carbocycles. The number of aromatic nitrogens is 1. The van der Waals surface area contributed by atoms with E-state index in [1.165, 1.54) is 25.3 Å². The number of rotatable bonds is 11. The van der Waals surface area contributed by atoms with Crippen molar-refractivity contribution in [3.8, 4) is 22.9 Å². The minimum atomic E-state index is -4.71. The number of ether oxygens (including phenoxy) is 1. The number of aliphatic hydroxyl groups excluding tert-OH is 1. The van der Waals surface area contributed by atoms with Crippen molar-refractivity contribution in [2.75, 3.05) is 38.6 Å². The minimum Gasteiger partial charge on any atom is -0.496 e. The van der Waals surface area contributed by atoms with E-state index >= 15 is 0 Å².